The summed E-state index contributed by atoms with van der Waals surface area (Å²) in [6.45, 7) is 1.70. The summed E-state index contributed by atoms with van der Waals surface area (Å²) in [6, 6.07) is 2.58. The first kappa shape index (κ1) is 22.2. The molecule has 13 heteroatoms. The molecule has 0 aliphatic rings. The molecule has 2 amide bonds. The summed E-state index contributed by atoms with van der Waals surface area (Å²) in [5.41, 5.74) is 10.1. The van der Waals surface area contributed by atoms with Crippen LogP contribution in [0.3, 0.4) is 0 Å². The number of aliphatic imine (C=N–C) groups is 1. The Kier molecular flexibility index (Phi) is 7.59. The number of carbonyl (C=O) groups is 2. The molecule has 156 valence electrons. The average molecular weight is 430 g/mol. The molecule has 2 rings (SSSR count). The highest BCUT2D eigenvalue weighted by molar-refractivity contribution is 7.99. The molecule has 0 spiro atoms. The molecule has 29 heavy (non-hydrogen) atoms. The number of nitrogens with zero attached hydrogens (tertiary/aromatic N) is 3. The second-order valence-electron chi connectivity index (χ2n) is 5.84. The zero-order valence-electron chi connectivity index (χ0n) is 15.1. The lowest BCUT2D eigenvalue weighted by Crippen LogP contribution is -2.36. The van der Waals surface area contributed by atoms with Gasteiger partial charge >= 0.3 is 0 Å². The SMILES string of the molecule is C[C@@H](CSc1nonc1C(N)=Nc1ccc(F)c(C(F)F)c1)NC(=O)CC(N)=O. The zero-order valence-corrected chi connectivity index (χ0v) is 15.9. The first-order chi connectivity index (χ1) is 13.7. The van der Waals surface area contributed by atoms with Gasteiger partial charge in [-0.05, 0) is 35.4 Å². The van der Waals surface area contributed by atoms with E-state index in [1.165, 1.54) is 6.07 Å². The topological polar surface area (TPSA) is 149 Å². The number of aromatic nitrogens is 2. The number of nitrogens with one attached hydrogen (secondary N) is 1. The molecule has 0 unspecified atom stereocenters. The number of halogens is 3. The molecule has 1 aromatic carbocycles. The third kappa shape index (κ3) is 6.48. The van der Waals surface area contributed by atoms with E-state index in [4.69, 9.17) is 11.5 Å². The summed E-state index contributed by atoms with van der Waals surface area (Å²) >= 11 is 1.13. The van der Waals surface area contributed by atoms with Crippen molar-refractivity contribution < 1.29 is 27.4 Å². The van der Waals surface area contributed by atoms with Crippen LogP contribution in [-0.4, -0.2) is 39.8 Å². The predicted molar refractivity (Wildman–Crippen MR) is 98.2 cm³/mol. The lowest BCUT2D eigenvalue weighted by molar-refractivity contribution is -0.127. The summed E-state index contributed by atoms with van der Waals surface area (Å²) in [5, 5.41) is 10.1. The van der Waals surface area contributed by atoms with Crippen molar-refractivity contribution in [2.75, 3.05) is 5.75 Å². The Balaban J connectivity index is 2.07. The number of carbonyl (C=O) groups excluding carboxylic acids is 2. The van der Waals surface area contributed by atoms with Gasteiger partial charge in [0.15, 0.2) is 16.6 Å². The molecular formula is C16H17F3N6O3S. The van der Waals surface area contributed by atoms with E-state index in [9.17, 15) is 22.8 Å². The van der Waals surface area contributed by atoms with Gasteiger partial charge in [0.05, 0.1) is 11.3 Å². The molecule has 1 aromatic heterocycles. The zero-order chi connectivity index (χ0) is 21.6. The Morgan fingerprint density at radius 1 is 1.31 bits per heavy atom. The Bertz CT molecular complexity index is 921. The van der Waals surface area contributed by atoms with Gasteiger partial charge in [-0.25, -0.2) is 22.8 Å². The summed E-state index contributed by atoms with van der Waals surface area (Å²) in [5.74, 6) is -2.16. The number of nitrogens with two attached hydrogens (primary N) is 2. The Morgan fingerprint density at radius 2 is 2.03 bits per heavy atom. The minimum atomic E-state index is -3.00. The Morgan fingerprint density at radius 3 is 2.69 bits per heavy atom. The standard InChI is InChI=1S/C16H17F3N6O3S/c1-7(22-12(27)5-11(20)26)6-29-16-13(24-28-25-16)15(21)23-8-2-3-10(17)9(4-8)14(18)19/h2-4,7,14H,5-6H2,1H3,(H2,20,26)(H2,21,23)(H,22,27)/t7-/m0/s1. The molecule has 0 fully saturated rings. The van der Waals surface area contributed by atoms with Gasteiger partial charge in [0, 0.05) is 11.8 Å². The molecule has 0 aliphatic heterocycles. The second kappa shape index (κ2) is 9.91. The maximum Gasteiger partial charge on any atom is 0.266 e. The molecule has 1 atom stereocenters. The quantitative estimate of drug-likeness (QED) is 0.237. The Hall–Kier alpha value is -3.09. The molecule has 0 radical (unpaired) electrons. The van der Waals surface area contributed by atoms with Gasteiger partial charge in [0.1, 0.15) is 12.2 Å². The van der Waals surface area contributed by atoms with Crippen molar-refractivity contribution in [3.63, 3.8) is 0 Å². The number of thioether (sulfide) groups is 1. The number of primary amides is 1. The molecule has 2 aromatic rings. The van der Waals surface area contributed by atoms with Crippen molar-refractivity contribution >= 4 is 35.1 Å². The van der Waals surface area contributed by atoms with Gasteiger partial charge in [-0.2, -0.15) is 0 Å². The minimum absolute atomic E-state index is 0.00485. The van der Waals surface area contributed by atoms with Crippen molar-refractivity contribution in [1.82, 2.24) is 15.6 Å². The molecule has 0 aliphatic carbocycles. The van der Waals surface area contributed by atoms with Crippen LogP contribution in [0.2, 0.25) is 0 Å². The molecule has 5 N–H and O–H groups in total. The highest BCUT2D eigenvalue weighted by atomic mass is 32.2. The lowest BCUT2D eigenvalue weighted by Gasteiger charge is -2.12. The monoisotopic (exact) mass is 430 g/mol. The summed E-state index contributed by atoms with van der Waals surface area (Å²) in [4.78, 5) is 26.2. The first-order valence-electron chi connectivity index (χ1n) is 8.12. The third-order valence-corrected chi connectivity index (χ3v) is 4.59. The number of hydrogen-bond donors (Lipinski definition) is 3. The van der Waals surface area contributed by atoms with Gasteiger partial charge in [-0.15, -0.1) is 0 Å². The van der Waals surface area contributed by atoms with E-state index < -0.39 is 36.0 Å². The van der Waals surface area contributed by atoms with Gasteiger partial charge in [-0.3, -0.25) is 9.59 Å². The van der Waals surface area contributed by atoms with E-state index in [-0.39, 0.29) is 28.3 Å². The van der Waals surface area contributed by atoms with E-state index in [1.54, 1.807) is 6.92 Å². The number of amidine groups is 1. The minimum Gasteiger partial charge on any atom is -0.382 e. The van der Waals surface area contributed by atoms with Crippen molar-refractivity contribution in [3.8, 4) is 0 Å². The summed E-state index contributed by atoms with van der Waals surface area (Å²) < 4.78 is 43.6. The number of benzene rings is 1. The van der Waals surface area contributed by atoms with E-state index in [0.717, 1.165) is 23.9 Å². The van der Waals surface area contributed by atoms with Gasteiger partial charge in [0.2, 0.25) is 11.8 Å². The van der Waals surface area contributed by atoms with Crippen LogP contribution in [0.5, 0.6) is 0 Å². The molecule has 0 bridgehead atoms. The van der Waals surface area contributed by atoms with E-state index in [2.05, 4.69) is 25.3 Å². The molecule has 0 saturated carbocycles. The van der Waals surface area contributed by atoms with Crippen LogP contribution in [0.15, 0.2) is 32.8 Å². The number of hydrogen-bond acceptors (Lipinski definition) is 7. The fourth-order valence-electron chi connectivity index (χ4n) is 2.12. The van der Waals surface area contributed by atoms with Crippen molar-refractivity contribution in [2.24, 2.45) is 16.5 Å². The van der Waals surface area contributed by atoms with E-state index >= 15 is 0 Å². The van der Waals surface area contributed by atoms with Crippen molar-refractivity contribution in [3.05, 3.63) is 35.3 Å². The second-order valence-corrected chi connectivity index (χ2v) is 6.85. The van der Waals surface area contributed by atoms with Gasteiger partial charge < -0.3 is 16.8 Å². The molecule has 0 saturated heterocycles. The molecular weight excluding hydrogens is 413 g/mol. The number of amides is 2. The van der Waals surface area contributed by atoms with Crippen LogP contribution < -0.4 is 16.8 Å². The smallest absolute Gasteiger partial charge is 0.266 e. The van der Waals surface area contributed by atoms with Crippen LogP contribution >= 0.6 is 11.8 Å². The fourth-order valence-corrected chi connectivity index (χ4v) is 2.98. The highest BCUT2D eigenvalue weighted by Gasteiger charge is 2.18. The number of alkyl halides is 2. The van der Waals surface area contributed by atoms with Crippen LogP contribution in [-0.2, 0) is 9.59 Å². The lowest BCUT2D eigenvalue weighted by atomic mass is 10.2. The van der Waals surface area contributed by atoms with E-state index in [0.29, 0.717) is 5.75 Å². The van der Waals surface area contributed by atoms with Crippen LogP contribution in [0.1, 0.15) is 31.0 Å². The van der Waals surface area contributed by atoms with Crippen molar-refractivity contribution in [2.45, 2.75) is 30.8 Å². The van der Waals surface area contributed by atoms with Gasteiger partial charge in [-0.1, -0.05) is 11.8 Å². The van der Waals surface area contributed by atoms with Gasteiger partial charge in [0.25, 0.3) is 6.43 Å². The largest absolute Gasteiger partial charge is 0.382 e. The average Bonchev–Trinajstić information content (AvgIpc) is 3.09. The highest BCUT2D eigenvalue weighted by Crippen LogP contribution is 2.27. The maximum absolute atomic E-state index is 13.4. The fraction of sp³-hybridized carbons (Fsp3) is 0.312. The third-order valence-electron chi connectivity index (χ3n) is 3.38. The summed E-state index contributed by atoms with van der Waals surface area (Å²) in [7, 11) is 0. The Labute approximate surface area is 167 Å². The van der Waals surface area contributed by atoms with Crippen molar-refractivity contribution in [1.29, 1.82) is 0 Å². The molecule has 9 nitrogen and oxygen atoms in total. The normalized spacial score (nSPS) is 12.8. The molecule has 1 heterocycles. The predicted octanol–water partition coefficient (Wildman–Crippen LogP) is 1.66. The first-order valence-corrected chi connectivity index (χ1v) is 9.11. The maximum atomic E-state index is 13.4. The van der Waals surface area contributed by atoms with Crippen LogP contribution in [0, 0.1) is 5.82 Å². The van der Waals surface area contributed by atoms with Crippen LogP contribution in [0.4, 0.5) is 18.9 Å². The number of rotatable bonds is 9. The van der Waals surface area contributed by atoms with E-state index in [1.807, 2.05) is 0 Å². The van der Waals surface area contributed by atoms with Crippen LogP contribution in [0.25, 0.3) is 0 Å². The summed E-state index contributed by atoms with van der Waals surface area (Å²) in [6.07, 6.45) is -3.43.